The minimum absolute atomic E-state index is 0.0507. The number of hydrogen-bond donors (Lipinski definition) is 0. The molecule has 26 heavy (non-hydrogen) atoms. The first kappa shape index (κ1) is 17.2. The predicted molar refractivity (Wildman–Crippen MR) is 96.3 cm³/mol. The van der Waals surface area contributed by atoms with Gasteiger partial charge in [-0.25, -0.2) is 0 Å². The van der Waals surface area contributed by atoms with E-state index in [0.29, 0.717) is 13.1 Å². The molecule has 0 radical (unpaired) electrons. The van der Waals surface area contributed by atoms with Gasteiger partial charge in [-0.1, -0.05) is 6.07 Å². The maximum atomic E-state index is 12.3. The first-order valence-corrected chi connectivity index (χ1v) is 9.21. The molecule has 4 heterocycles. The van der Waals surface area contributed by atoms with Crippen LogP contribution in [0.3, 0.4) is 0 Å². The van der Waals surface area contributed by atoms with Gasteiger partial charge in [-0.05, 0) is 44.0 Å². The lowest BCUT2D eigenvalue weighted by Crippen LogP contribution is -2.58. The number of aryl methyl sites for hydroxylation is 1. The average Bonchev–Trinajstić information content (AvgIpc) is 3.06. The van der Waals surface area contributed by atoms with Crippen LogP contribution in [-0.4, -0.2) is 52.5 Å². The number of ether oxygens (including phenoxy) is 1. The molecule has 4 rings (SSSR count). The molecule has 0 aromatic carbocycles. The van der Waals surface area contributed by atoms with E-state index in [2.05, 4.69) is 9.88 Å². The van der Waals surface area contributed by atoms with E-state index in [-0.39, 0.29) is 18.1 Å². The third-order valence-electron chi connectivity index (χ3n) is 5.36. The second-order valence-corrected chi connectivity index (χ2v) is 7.33. The van der Waals surface area contributed by atoms with Crippen molar-refractivity contribution in [2.45, 2.75) is 38.5 Å². The number of rotatable bonds is 4. The van der Waals surface area contributed by atoms with Gasteiger partial charge in [0.1, 0.15) is 18.1 Å². The molecule has 2 aromatic heterocycles. The topological polar surface area (TPSA) is 58.8 Å². The van der Waals surface area contributed by atoms with Crippen LogP contribution in [0.25, 0.3) is 0 Å². The van der Waals surface area contributed by atoms with Gasteiger partial charge >= 0.3 is 0 Å². The summed E-state index contributed by atoms with van der Waals surface area (Å²) in [5, 5.41) is 0. The summed E-state index contributed by atoms with van der Waals surface area (Å²) >= 11 is 0. The third-order valence-corrected chi connectivity index (χ3v) is 5.36. The molecule has 0 bridgehead atoms. The molecule has 6 heteroatoms. The van der Waals surface area contributed by atoms with Crippen molar-refractivity contribution in [2.24, 2.45) is 0 Å². The highest BCUT2D eigenvalue weighted by Gasteiger charge is 2.42. The van der Waals surface area contributed by atoms with Crippen LogP contribution in [0.4, 0.5) is 0 Å². The van der Waals surface area contributed by atoms with Crippen molar-refractivity contribution in [3.05, 3.63) is 53.7 Å². The highest BCUT2D eigenvalue weighted by molar-refractivity contribution is 5.78. The van der Waals surface area contributed by atoms with E-state index < -0.39 is 0 Å². The van der Waals surface area contributed by atoms with Crippen LogP contribution in [-0.2, 0) is 22.6 Å². The van der Waals surface area contributed by atoms with E-state index in [1.54, 1.807) is 6.20 Å². The number of carbonyl (C=O) groups excluding carboxylic acids is 1. The summed E-state index contributed by atoms with van der Waals surface area (Å²) in [5.74, 6) is 2.01. The number of likely N-dealkylation sites (tertiary alicyclic amines) is 1. The largest absolute Gasteiger partial charge is 0.465 e. The molecule has 1 spiro atoms. The zero-order chi connectivity index (χ0) is 18.0. The van der Waals surface area contributed by atoms with E-state index in [0.717, 1.165) is 49.7 Å². The monoisotopic (exact) mass is 355 g/mol. The van der Waals surface area contributed by atoms with E-state index in [1.165, 1.54) is 0 Å². The van der Waals surface area contributed by atoms with Crippen molar-refractivity contribution in [1.29, 1.82) is 0 Å². The fourth-order valence-electron chi connectivity index (χ4n) is 3.83. The second kappa shape index (κ2) is 7.21. The SMILES string of the molecule is Cc1ccc(CN2CCC3(CC2)CN(Cc2ccccn2)C(=O)CO3)o1. The Morgan fingerprint density at radius 1 is 1.15 bits per heavy atom. The lowest BCUT2D eigenvalue weighted by molar-refractivity contribution is -0.173. The number of nitrogens with zero attached hydrogens (tertiary/aromatic N) is 3. The summed E-state index contributed by atoms with van der Waals surface area (Å²) in [4.78, 5) is 20.9. The lowest BCUT2D eigenvalue weighted by atomic mass is 9.89. The number of amides is 1. The average molecular weight is 355 g/mol. The Morgan fingerprint density at radius 3 is 2.69 bits per heavy atom. The van der Waals surface area contributed by atoms with Gasteiger partial charge in [0.15, 0.2) is 0 Å². The molecular weight excluding hydrogens is 330 g/mol. The van der Waals surface area contributed by atoms with E-state index in [4.69, 9.17) is 9.15 Å². The highest BCUT2D eigenvalue weighted by atomic mass is 16.5. The standard InChI is InChI=1S/C20H25N3O3/c1-16-5-6-18(26-16)13-22-10-7-20(8-11-22)15-23(19(24)14-25-20)12-17-4-2-3-9-21-17/h2-6,9H,7-8,10-15H2,1H3. The summed E-state index contributed by atoms with van der Waals surface area (Å²) in [6.45, 7) is 6.08. The van der Waals surface area contributed by atoms with Crippen LogP contribution >= 0.6 is 0 Å². The van der Waals surface area contributed by atoms with Gasteiger partial charge in [-0.3, -0.25) is 14.7 Å². The number of piperidine rings is 1. The van der Waals surface area contributed by atoms with Crippen molar-refractivity contribution < 1.29 is 13.9 Å². The number of hydrogen-bond acceptors (Lipinski definition) is 5. The molecule has 2 saturated heterocycles. The zero-order valence-corrected chi connectivity index (χ0v) is 15.2. The van der Waals surface area contributed by atoms with Crippen LogP contribution in [0.5, 0.6) is 0 Å². The van der Waals surface area contributed by atoms with Gasteiger partial charge in [-0.15, -0.1) is 0 Å². The Kier molecular flexibility index (Phi) is 4.78. The molecule has 0 atom stereocenters. The molecule has 2 aliphatic heterocycles. The van der Waals surface area contributed by atoms with E-state index in [9.17, 15) is 4.79 Å². The normalized spacial score (nSPS) is 20.7. The first-order chi connectivity index (χ1) is 12.6. The molecule has 2 aromatic rings. The Hall–Kier alpha value is -2.18. The van der Waals surface area contributed by atoms with Crippen molar-refractivity contribution in [1.82, 2.24) is 14.8 Å². The molecule has 0 unspecified atom stereocenters. The molecule has 0 N–H and O–H groups in total. The zero-order valence-electron chi connectivity index (χ0n) is 15.2. The quantitative estimate of drug-likeness (QED) is 0.843. The molecule has 2 aliphatic rings. The van der Waals surface area contributed by atoms with Crippen LogP contribution in [0, 0.1) is 6.92 Å². The van der Waals surface area contributed by atoms with Crippen LogP contribution in [0.15, 0.2) is 40.9 Å². The van der Waals surface area contributed by atoms with Gasteiger partial charge in [0, 0.05) is 19.3 Å². The smallest absolute Gasteiger partial charge is 0.249 e. The number of carbonyl (C=O) groups is 1. The van der Waals surface area contributed by atoms with Gasteiger partial charge in [0.2, 0.25) is 5.91 Å². The summed E-state index contributed by atoms with van der Waals surface area (Å²) in [7, 11) is 0. The molecule has 2 fully saturated rings. The number of pyridine rings is 1. The van der Waals surface area contributed by atoms with Gasteiger partial charge in [0.25, 0.3) is 0 Å². The maximum Gasteiger partial charge on any atom is 0.249 e. The molecule has 1 amide bonds. The highest BCUT2D eigenvalue weighted by Crippen LogP contribution is 2.31. The molecule has 6 nitrogen and oxygen atoms in total. The van der Waals surface area contributed by atoms with Crippen LogP contribution in [0.2, 0.25) is 0 Å². The summed E-state index contributed by atoms with van der Waals surface area (Å²) in [5.41, 5.74) is 0.696. The lowest BCUT2D eigenvalue weighted by Gasteiger charge is -2.46. The van der Waals surface area contributed by atoms with E-state index in [1.807, 2.05) is 42.2 Å². The molecular formula is C20H25N3O3. The third kappa shape index (κ3) is 3.81. The Labute approximate surface area is 153 Å². The first-order valence-electron chi connectivity index (χ1n) is 9.21. The number of morpholine rings is 1. The number of furan rings is 1. The van der Waals surface area contributed by atoms with Gasteiger partial charge in [-0.2, -0.15) is 0 Å². The summed E-state index contributed by atoms with van der Waals surface area (Å²) in [6, 6.07) is 9.86. The minimum atomic E-state index is -0.224. The fourth-order valence-corrected chi connectivity index (χ4v) is 3.83. The van der Waals surface area contributed by atoms with Crippen LogP contribution in [0.1, 0.15) is 30.1 Å². The summed E-state index contributed by atoms with van der Waals surface area (Å²) < 4.78 is 11.7. The van der Waals surface area contributed by atoms with Crippen molar-refractivity contribution in [3.63, 3.8) is 0 Å². The second-order valence-electron chi connectivity index (χ2n) is 7.33. The van der Waals surface area contributed by atoms with Crippen LogP contribution < -0.4 is 0 Å². The van der Waals surface area contributed by atoms with Crippen molar-refractivity contribution in [2.75, 3.05) is 26.2 Å². The predicted octanol–water partition coefficient (Wildman–Crippen LogP) is 2.38. The molecule has 138 valence electrons. The van der Waals surface area contributed by atoms with E-state index >= 15 is 0 Å². The van der Waals surface area contributed by atoms with Gasteiger partial charge in [0.05, 0.1) is 30.9 Å². The Bertz CT molecular complexity index is 751. The van der Waals surface area contributed by atoms with Gasteiger partial charge < -0.3 is 14.1 Å². The fraction of sp³-hybridized carbons (Fsp3) is 0.500. The summed E-state index contributed by atoms with van der Waals surface area (Å²) in [6.07, 6.45) is 3.63. The maximum absolute atomic E-state index is 12.3. The van der Waals surface area contributed by atoms with Crippen molar-refractivity contribution in [3.8, 4) is 0 Å². The minimum Gasteiger partial charge on any atom is -0.465 e. The molecule has 0 aliphatic carbocycles. The van der Waals surface area contributed by atoms with Crippen molar-refractivity contribution >= 4 is 5.91 Å². The molecule has 0 saturated carbocycles. The Balaban J connectivity index is 1.36. The Morgan fingerprint density at radius 2 is 2.00 bits per heavy atom. The number of aromatic nitrogens is 1.